The van der Waals surface area contributed by atoms with Crippen LogP contribution >= 0.6 is 11.3 Å². The minimum Gasteiger partial charge on any atom is -0.356 e. The predicted molar refractivity (Wildman–Crippen MR) is 122 cm³/mol. The lowest BCUT2D eigenvalue weighted by Crippen LogP contribution is -2.25. The highest BCUT2D eigenvalue weighted by atomic mass is 32.1. The largest absolute Gasteiger partial charge is 0.356 e. The highest BCUT2D eigenvalue weighted by Crippen LogP contribution is 2.37. The first-order valence-corrected chi connectivity index (χ1v) is 11.2. The van der Waals surface area contributed by atoms with E-state index in [-0.39, 0.29) is 17.6 Å². The summed E-state index contributed by atoms with van der Waals surface area (Å²) in [6, 6.07) is 19.1. The molecule has 1 amide bonds. The van der Waals surface area contributed by atoms with Gasteiger partial charge in [0.15, 0.2) is 0 Å². The van der Waals surface area contributed by atoms with Crippen LogP contribution in [0.5, 0.6) is 0 Å². The molecule has 2 heterocycles. The van der Waals surface area contributed by atoms with Crippen molar-refractivity contribution in [3.63, 3.8) is 0 Å². The van der Waals surface area contributed by atoms with Crippen molar-refractivity contribution in [1.29, 1.82) is 0 Å². The predicted octanol–water partition coefficient (Wildman–Crippen LogP) is 5.94. The van der Waals surface area contributed by atoms with Crippen molar-refractivity contribution >= 4 is 28.1 Å². The summed E-state index contributed by atoms with van der Waals surface area (Å²) >= 11 is 1.68. The number of hydrogen-bond donors (Lipinski definition) is 1. The molecule has 0 radical (unpaired) electrons. The average molecular weight is 421 g/mol. The molecule has 0 saturated carbocycles. The fraction of sp³-hybridized carbons (Fsp3) is 0.240. The number of amides is 1. The summed E-state index contributed by atoms with van der Waals surface area (Å²) in [6.07, 6.45) is 3.50. The van der Waals surface area contributed by atoms with Crippen molar-refractivity contribution < 1.29 is 9.18 Å². The van der Waals surface area contributed by atoms with Crippen LogP contribution in [0, 0.1) is 5.82 Å². The first kappa shape index (κ1) is 20.4. The van der Waals surface area contributed by atoms with Gasteiger partial charge in [0.2, 0.25) is 5.91 Å². The molecule has 3 nitrogen and oxygen atoms in total. The van der Waals surface area contributed by atoms with Gasteiger partial charge in [0.25, 0.3) is 0 Å². The molecule has 0 aliphatic rings. The molecule has 154 valence electrons. The fourth-order valence-electron chi connectivity index (χ4n) is 3.85. The third kappa shape index (κ3) is 4.46. The molecule has 5 heteroatoms. The second-order valence-corrected chi connectivity index (χ2v) is 8.46. The number of thiophene rings is 1. The molecule has 0 aliphatic heterocycles. The minimum absolute atomic E-state index is 0.00113. The van der Waals surface area contributed by atoms with Gasteiger partial charge in [-0.25, -0.2) is 4.39 Å². The van der Waals surface area contributed by atoms with E-state index in [0.29, 0.717) is 19.5 Å². The standard InChI is InChI=1S/C25H25FN2OS/c1-2-13-27-25(29)15-21(24-8-5-14-30-24)22-17-28(23-7-4-3-6-20(22)23)16-18-9-11-19(26)12-10-18/h3-12,14,17,21H,2,13,15-16H2,1H3,(H,27,29)/t21-/m0/s1. The third-order valence-corrected chi connectivity index (χ3v) is 6.30. The third-order valence-electron chi connectivity index (χ3n) is 5.31. The first-order chi connectivity index (χ1) is 14.7. The zero-order chi connectivity index (χ0) is 20.9. The van der Waals surface area contributed by atoms with Crippen LogP contribution in [-0.4, -0.2) is 17.0 Å². The topological polar surface area (TPSA) is 34.0 Å². The maximum absolute atomic E-state index is 13.3. The Bertz CT molecular complexity index is 1120. The summed E-state index contributed by atoms with van der Waals surface area (Å²) in [7, 11) is 0. The number of benzene rings is 2. The Morgan fingerprint density at radius 1 is 1.10 bits per heavy atom. The van der Waals surface area contributed by atoms with Crippen molar-refractivity contribution in [2.75, 3.05) is 6.54 Å². The SMILES string of the molecule is CCCNC(=O)C[C@H](c1cccs1)c1cn(Cc2ccc(F)cc2)c2ccccc12. The molecule has 4 aromatic rings. The normalized spacial score (nSPS) is 12.2. The summed E-state index contributed by atoms with van der Waals surface area (Å²) in [5, 5.41) is 6.23. The number of carbonyl (C=O) groups excluding carboxylic acids is 1. The van der Waals surface area contributed by atoms with Crippen LogP contribution in [0.25, 0.3) is 10.9 Å². The molecule has 0 spiro atoms. The Labute approximate surface area is 180 Å². The molecule has 0 saturated heterocycles. The molecule has 1 N–H and O–H groups in total. The summed E-state index contributed by atoms with van der Waals surface area (Å²) in [5.74, 6) is -0.153. The highest BCUT2D eigenvalue weighted by molar-refractivity contribution is 7.10. The molecule has 0 fully saturated rings. The van der Waals surface area contributed by atoms with Gasteiger partial charge in [0, 0.05) is 47.4 Å². The minimum atomic E-state index is -0.229. The molecular weight excluding hydrogens is 395 g/mol. The van der Waals surface area contributed by atoms with Gasteiger partial charge < -0.3 is 9.88 Å². The maximum Gasteiger partial charge on any atom is 0.220 e. The summed E-state index contributed by atoms with van der Waals surface area (Å²) in [5.41, 5.74) is 3.31. The van der Waals surface area contributed by atoms with E-state index in [1.165, 1.54) is 17.0 Å². The van der Waals surface area contributed by atoms with E-state index in [1.807, 2.05) is 30.3 Å². The van der Waals surface area contributed by atoms with E-state index in [2.05, 4.69) is 46.6 Å². The van der Waals surface area contributed by atoms with Crippen molar-refractivity contribution in [1.82, 2.24) is 9.88 Å². The molecule has 30 heavy (non-hydrogen) atoms. The number of halogens is 1. The molecule has 2 aromatic carbocycles. The van der Waals surface area contributed by atoms with Crippen molar-refractivity contribution in [3.8, 4) is 0 Å². The lowest BCUT2D eigenvalue weighted by atomic mass is 9.93. The van der Waals surface area contributed by atoms with E-state index in [9.17, 15) is 9.18 Å². The number of nitrogens with zero attached hydrogens (tertiary/aromatic N) is 1. The van der Waals surface area contributed by atoms with E-state index >= 15 is 0 Å². The number of carbonyl (C=O) groups is 1. The smallest absolute Gasteiger partial charge is 0.220 e. The second-order valence-electron chi connectivity index (χ2n) is 7.48. The van der Waals surface area contributed by atoms with Gasteiger partial charge in [-0.3, -0.25) is 4.79 Å². The number of rotatable bonds is 8. The summed E-state index contributed by atoms with van der Waals surface area (Å²) < 4.78 is 15.5. The number of hydrogen-bond acceptors (Lipinski definition) is 2. The van der Waals surface area contributed by atoms with Gasteiger partial charge in [0.1, 0.15) is 5.82 Å². The number of para-hydroxylation sites is 1. The van der Waals surface area contributed by atoms with Crippen LogP contribution < -0.4 is 5.32 Å². The van der Waals surface area contributed by atoms with Crippen molar-refractivity contribution in [2.24, 2.45) is 0 Å². The molecular formula is C25H25FN2OS. The summed E-state index contributed by atoms with van der Waals surface area (Å²) in [4.78, 5) is 13.8. The fourth-order valence-corrected chi connectivity index (χ4v) is 4.69. The van der Waals surface area contributed by atoms with E-state index in [4.69, 9.17) is 0 Å². The first-order valence-electron chi connectivity index (χ1n) is 10.3. The highest BCUT2D eigenvalue weighted by Gasteiger charge is 2.23. The quantitative estimate of drug-likeness (QED) is 0.376. The van der Waals surface area contributed by atoms with Gasteiger partial charge in [-0.1, -0.05) is 43.3 Å². The van der Waals surface area contributed by atoms with Crippen LogP contribution in [0.2, 0.25) is 0 Å². The Morgan fingerprint density at radius 2 is 1.90 bits per heavy atom. The van der Waals surface area contributed by atoms with Gasteiger partial charge in [0.05, 0.1) is 0 Å². The van der Waals surface area contributed by atoms with Crippen molar-refractivity contribution in [3.05, 3.63) is 94.1 Å². The van der Waals surface area contributed by atoms with Gasteiger partial charge in [-0.05, 0) is 47.2 Å². The maximum atomic E-state index is 13.3. The zero-order valence-electron chi connectivity index (χ0n) is 17.0. The van der Waals surface area contributed by atoms with Crippen LogP contribution in [0.4, 0.5) is 4.39 Å². The van der Waals surface area contributed by atoms with Gasteiger partial charge in [-0.2, -0.15) is 0 Å². The van der Waals surface area contributed by atoms with E-state index in [0.717, 1.165) is 28.5 Å². The molecule has 0 aliphatic carbocycles. The monoisotopic (exact) mass is 420 g/mol. The van der Waals surface area contributed by atoms with E-state index in [1.54, 1.807) is 11.3 Å². The van der Waals surface area contributed by atoms with Crippen LogP contribution in [0.15, 0.2) is 72.2 Å². The lowest BCUT2D eigenvalue weighted by molar-refractivity contribution is -0.121. The average Bonchev–Trinajstić information content (AvgIpc) is 3.41. The zero-order valence-corrected chi connectivity index (χ0v) is 17.8. The summed E-state index contributed by atoms with van der Waals surface area (Å²) in [6.45, 7) is 3.41. The number of fused-ring (bicyclic) bond motifs is 1. The molecule has 0 bridgehead atoms. The molecule has 4 rings (SSSR count). The lowest BCUT2D eigenvalue weighted by Gasteiger charge is -2.15. The van der Waals surface area contributed by atoms with Crippen LogP contribution in [0.3, 0.4) is 0 Å². The Morgan fingerprint density at radius 3 is 2.63 bits per heavy atom. The van der Waals surface area contributed by atoms with E-state index < -0.39 is 0 Å². The molecule has 0 unspecified atom stereocenters. The molecule has 2 aromatic heterocycles. The van der Waals surface area contributed by atoms with Crippen molar-refractivity contribution in [2.45, 2.75) is 32.2 Å². The Balaban J connectivity index is 1.73. The number of nitrogens with one attached hydrogen (secondary N) is 1. The molecule has 1 atom stereocenters. The van der Waals surface area contributed by atoms with Gasteiger partial charge in [-0.15, -0.1) is 11.3 Å². The number of aromatic nitrogens is 1. The Hall–Kier alpha value is -2.92. The van der Waals surface area contributed by atoms with Gasteiger partial charge >= 0.3 is 0 Å². The second kappa shape index (κ2) is 9.26. The van der Waals surface area contributed by atoms with Crippen LogP contribution in [0.1, 0.15) is 41.7 Å². The van der Waals surface area contributed by atoms with Crippen LogP contribution in [-0.2, 0) is 11.3 Å². The Kier molecular flexibility index (Phi) is 6.29.